The number of fused-ring (bicyclic) bond motifs is 1. The Morgan fingerprint density at radius 1 is 1.43 bits per heavy atom. The molecule has 76 valence electrons. The van der Waals surface area contributed by atoms with E-state index < -0.39 is 0 Å². The molecule has 1 aromatic carbocycles. The fourth-order valence-electron chi connectivity index (χ4n) is 1.57. The molecule has 2 nitrogen and oxygen atoms in total. The van der Waals surface area contributed by atoms with E-state index in [1.165, 1.54) is 6.07 Å². The van der Waals surface area contributed by atoms with Gasteiger partial charge in [0.05, 0.1) is 16.4 Å². The molecule has 4 heteroatoms. The molecule has 1 aromatic rings. The van der Waals surface area contributed by atoms with Gasteiger partial charge in [0.15, 0.2) is 0 Å². The summed E-state index contributed by atoms with van der Waals surface area (Å²) in [7, 11) is 0. The first-order valence-corrected chi connectivity index (χ1v) is 5.04. The van der Waals surface area contributed by atoms with E-state index >= 15 is 0 Å². The van der Waals surface area contributed by atoms with Crippen LogP contribution < -0.4 is 10.6 Å². The van der Waals surface area contributed by atoms with Gasteiger partial charge in [-0.3, -0.25) is 0 Å². The van der Waals surface area contributed by atoms with Crippen molar-refractivity contribution in [3.05, 3.63) is 23.0 Å². The summed E-state index contributed by atoms with van der Waals surface area (Å²) in [5.41, 5.74) is 1.66. The number of halogens is 2. The number of rotatable bonds is 0. The van der Waals surface area contributed by atoms with E-state index in [9.17, 15) is 4.39 Å². The van der Waals surface area contributed by atoms with Crippen molar-refractivity contribution in [3.8, 4) is 0 Å². The van der Waals surface area contributed by atoms with Crippen LogP contribution in [0.4, 0.5) is 15.8 Å². The second-order valence-corrected chi connectivity index (χ2v) is 3.98. The standard InChI is InChI=1S/C10H12ClFN2/c1-6-2-3-13-9-5-8(12)7(11)4-10(9)14-6/h4-6,13-14H,2-3H2,1H3. The zero-order chi connectivity index (χ0) is 10.1. The van der Waals surface area contributed by atoms with Crippen LogP contribution >= 0.6 is 11.6 Å². The highest BCUT2D eigenvalue weighted by molar-refractivity contribution is 6.31. The summed E-state index contributed by atoms with van der Waals surface area (Å²) in [5, 5.41) is 6.60. The van der Waals surface area contributed by atoms with Crippen LogP contribution in [0, 0.1) is 5.82 Å². The van der Waals surface area contributed by atoms with Crippen LogP contribution in [0.2, 0.25) is 5.02 Å². The van der Waals surface area contributed by atoms with E-state index in [1.807, 2.05) is 0 Å². The highest BCUT2D eigenvalue weighted by atomic mass is 35.5. The second-order valence-electron chi connectivity index (χ2n) is 3.57. The van der Waals surface area contributed by atoms with Crippen molar-refractivity contribution in [2.75, 3.05) is 17.2 Å². The Balaban J connectivity index is 2.41. The zero-order valence-electron chi connectivity index (χ0n) is 7.90. The lowest BCUT2D eigenvalue weighted by molar-refractivity contribution is 0.629. The zero-order valence-corrected chi connectivity index (χ0v) is 8.66. The molecule has 0 saturated heterocycles. The summed E-state index contributed by atoms with van der Waals surface area (Å²) in [6.45, 7) is 2.94. The molecule has 0 radical (unpaired) electrons. The third-order valence-corrected chi connectivity index (χ3v) is 2.64. The van der Waals surface area contributed by atoms with Crippen LogP contribution in [0.15, 0.2) is 12.1 Å². The number of anilines is 2. The Hall–Kier alpha value is -0.960. The SMILES string of the molecule is CC1CCNc2cc(F)c(Cl)cc2N1. The lowest BCUT2D eigenvalue weighted by Crippen LogP contribution is -2.14. The molecule has 0 amide bonds. The van der Waals surface area contributed by atoms with Gasteiger partial charge in [-0.15, -0.1) is 0 Å². The normalized spacial score (nSPS) is 20.4. The fourth-order valence-corrected chi connectivity index (χ4v) is 1.74. The number of hydrogen-bond acceptors (Lipinski definition) is 2. The van der Waals surface area contributed by atoms with Gasteiger partial charge in [0.2, 0.25) is 0 Å². The van der Waals surface area contributed by atoms with Gasteiger partial charge < -0.3 is 10.6 Å². The summed E-state index contributed by atoms with van der Waals surface area (Å²) < 4.78 is 13.1. The molecule has 1 atom stereocenters. The molecular weight excluding hydrogens is 203 g/mol. The number of benzene rings is 1. The predicted molar refractivity (Wildman–Crippen MR) is 57.6 cm³/mol. The third kappa shape index (κ3) is 1.77. The van der Waals surface area contributed by atoms with E-state index in [2.05, 4.69) is 17.6 Å². The minimum absolute atomic E-state index is 0.159. The van der Waals surface area contributed by atoms with Crippen LogP contribution in [0.25, 0.3) is 0 Å². The summed E-state index contributed by atoms with van der Waals surface area (Å²) in [5.74, 6) is -0.380. The van der Waals surface area contributed by atoms with E-state index in [0.29, 0.717) is 6.04 Å². The maximum absolute atomic E-state index is 13.1. The van der Waals surface area contributed by atoms with Gasteiger partial charge in [0, 0.05) is 18.7 Å². The van der Waals surface area contributed by atoms with Crippen molar-refractivity contribution in [2.24, 2.45) is 0 Å². The first-order valence-electron chi connectivity index (χ1n) is 4.66. The van der Waals surface area contributed by atoms with Gasteiger partial charge in [0.25, 0.3) is 0 Å². The number of nitrogens with one attached hydrogen (secondary N) is 2. The molecular formula is C10H12ClFN2. The predicted octanol–water partition coefficient (Wildman–Crippen LogP) is 3.10. The molecule has 0 aliphatic carbocycles. The largest absolute Gasteiger partial charge is 0.383 e. The molecule has 1 aliphatic rings. The molecule has 0 spiro atoms. The summed E-state index contributed by atoms with van der Waals surface area (Å²) >= 11 is 5.70. The maximum Gasteiger partial charge on any atom is 0.143 e. The highest BCUT2D eigenvalue weighted by Gasteiger charge is 2.13. The summed E-state index contributed by atoms with van der Waals surface area (Å²) in [4.78, 5) is 0. The monoisotopic (exact) mass is 214 g/mol. The highest BCUT2D eigenvalue weighted by Crippen LogP contribution is 2.30. The summed E-state index contributed by atoms with van der Waals surface area (Å²) in [6.07, 6.45) is 1.01. The van der Waals surface area contributed by atoms with Crippen molar-refractivity contribution >= 4 is 23.0 Å². The van der Waals surface area contributed by atoms with Gasteiger partial charge in [-0.1, -0.05) is 11.6 Å². The van der Waals surface area contributed by atoms with Crippen molar-refractivity contribution in [1.82, 2.24) is 0 Å². The average molecular weight is 215 g/mol. The lowest BCUT2D eigenvalue weighted by atomic mass is 10.2. The van der Waals surface area contributed by atoms with Crippen LogP contribution in [0.1, 0.15) is 13.3 Å². The van der Waals surface area contributed by atoms with Gasteiger partial charge in [-0.05, 0) is 19.4 Å². The van der Waals surface area contributed by atoms with Gasteiger partial charge in [0.1, 0.15) is 5.82 Å². The van der Waals surface area contributed by atoms with Crippen LogP contribution in [0.5, 0.6) is 0 Å². The van der Waals surface area contributed by atoms with Crippen LogP contribution in [-0.4, -0.2) is 12.6 Å². The Kier molecular flexibility index (Phi) is 2.50. The topological polar surface area (TPSA) is 24.1 Å². The minimum Gasteiger partial charge on any atom is -0.383 e. The van der Waals surface area contributed by atoms with E-state index in [0.717, 1.165) is 24.3 Å². The molecule has 2 N–H and O–H groups in total. The number of hydrogen-bond donors (Lipinski definition) is 2. The molecule has 14 heavy (non-hydrogen) atoms. The molecule has 0 bridgehead atoms. The first-order chi connectivity index (χ1) is 6.66. The van der Waals surface area contributed by atoms with Crippen molar-refractivity contribution in [2.45, 2.75) is 19.4 Å². The van der Waals surface area contributed by atoms with E-state index in [1.54, 1.807) is 6.07 Å². The van der Waals surface area contributed by atoms with Crippen molar-refractivity contribution in [1.29, 1.82) is 0 Å². The maximum atomic E-state index is 13.1. The molecule has 0 aromatic heterocycles. The minimum atomic E-state index is -0.380. The molecule has 1 aliphatic heterocycles. The summed E-state index contributed by atoms with van der Waals surface area (Å²) in [6, 6.07) is 3.44. The van der Waals surface area contributed by atoms with Gasteiger partial charge >= 0.3 is 0 Å². The Morgan fingerprint density at radius 3 is 3.00 bits per heavy atom. The van der Waals surface area contributed by atoms with E-state index in [-0.39, 0.29) is 10.8 Å². The van der Waals surface area contributed by atoms with Crippen molar-refractivity contribution < 1.29 is 4.39 Å². The Bertz CT molecular complexity index is 354. The Labute approximate surface area is 87.5 Å². The average Bonchev–Trinajstić information content (AvgIpc) is 2.28. The smallest absolute Gasteiger partial charge is 0.143 e. The van der Waals surface area contributed by atoms with E-state index in [4.69, 9.17) is 11.6 Å². The molecule has 0 fully saturated rings. The molecule has 2 rings (SSSR count). The van der Waals surface area contributed by atoms with Crippen LogP contribution in [-0.2, 0) is 0 Å². The van der Waals surface area contributed by atoms with Gasteiger partial charge in [-0.25, -0.2) is 4.39 Å². The Morgan fingerprint density at radius 2 is 2.21 bits per heavy atom. The van der Waals surface area contributed by atoms with Crippen LogP contribution in [0.3, 0.4) is 0 Å². The molecule has 0 saturated carbocycles. The second kappa shape index (κ2) is 3.65. The third-order valence-electron chi connectivity index (χ3n) is 2.36. The quantitative estimate of drug-likeness (QED) is 0.694. The van der Waals surface area contributed by atoms with Crippen molar-refractivity contribution in [3.63, 3.8) is 0 Å². The first kappa shape index (κ1) is 9.59. The fraction of sp³-hybridized carbons (Fsp3) is 0.400. The molecule has 1 heterocycles. The van der Waals surface area contributed by atoms with Gasteiger partial charge in [-0.2, -0.15) is 0 Å². The lowest BCUT2D eigenvalue weighted by Gasteiger charge is -2.12. The molecule has 1 unspecified atom stereocenters.